The molecule has 3 nitrogen and oxygen atoms in total. The standard InChI is InChI=1S/C15H22BrNO2/c1-5-17-9-12-7-13(16)15(19-10-11(3)4)14(8-12)18-6-2/h7-8,17H,3,5-6,9-10H2,1-2,4H3. The first-order valence-corrected chi connectivity index (χ1v) is 7.30. The molecule has 1 aromatic carbocycles. The zero-order chi connectivity index (χ0) is 14.3. The van der Waals surface area contributed by atoms with E-state index in [1.165, 1.54) is 5.56 Å². The van der Waals surface area contributed by atoms with Crippen molar-refractivity contribution in [3.8, 4) is 11.5 Å². The molecule has 4 heteroatoms. The highest BCUT2D eigenvalue weighted by molar-refractivity contribution is 9.10. The summed E-state index contributed by atoms with van der Waals surface area (Å²) < 4.78 is 12.3. The maximum absolute atomic E-state index is 5.75. The zero-order valence-corrected chi connectivity index (χ0v) is 13.5. The molecular formula is C15H22BrNO2. The van der Waals surface area contributed by atoms with Crippen LogP contribution in [-0.4, -0.2) is 19.8 Å². The molecule has 0 atom stereocenters. The van der Waals surface area contributed by atoms with Gasteiger partial charge in [0.2, 0.25) is 0 Å². The highest BCUT2D eigenvalue weighted by Crippen LogP contribution is 2.37. The van der Waals surface area contributed by atoms with Crippen molar-refractivity contribution in [1.29, 1.82) is 0 Å². The van der Waals surface area contributed by atoms with Gasteiger partial charge >= 0.3 is 0 Å². The normalized spacial score (nSPS) is 10.3. The Kier molecular flexibility index (Phi) is 6.95. The van der Waals surface area contributed by atoms with Gasteiger partial charge in [-0.1, -0.05) is 13.5 Å². The number of benzene rings is 1. The fourth-order valence-corrected chi connectivity index (χ4v) is 2.20. The zero-order valence-electron chi connectivity index (χ0n) is 11.9. The van der Waals surface area contributed by atoms with E-state index in [4.69, 9.17) is 9.47 Å². The van der Waals surface area contributed by atoms with Crippen LogP contribution >= 0.6 is 15.9 Å². The van der Waals surface area contributed by atoms with Crippen molar-refractivity contribution >= 4 is 15.9 Å². The second-order valence-electron chi connectivity index (χ2n) is 4.36. The van der Waals surface area contributed by atoms with E-state index >= 15 is 0 Å². The SMILES string of the molecule is C=C(C)COc1c(Br)cc(CNCC)cc1OCC. The summed E-state index contributed by atoms with van der Waals surface area (Å²) in [6.45, 7) is 12.7. The average Bonchev–Trinajstić information content (AvgIpc) is 2.35. The number of rotatable bonds is 8. The lowest BCUT2D eigenvalue weighted by Gasteiger charge is -2.15. The van der Waals surface area contributed by atoms with Gasteiger partial charge in [-0.25, -0.2) is 0 Å². The molecule has 1 N–H and O–H groups in total. The smallest absolute Gasteiger partial charge is 0.175 e. The van der Waals surface area contributed by atoms with Crippen molar-refractivity contribution in [3.05, 3.63) is 34.3 Å². The van der Waals surface area contributed by atoms with Crippen LogP contribution in [0.4, 0.5) is 0 Å². The Bertz CT molecular complexity index is 432. The maximum Gasteiger partial charge on any atom is 0.175 e. The van der Waals surface area contributed by atoms with Gasteiger partial charge in [0, 0.05) is 6.54 Å². The average molecular weight is 328 g/mol. The van der Waals surface area contributed by atoms with Crippen molar-refractivity contribution < 1.29 is 9.47 Å². The lowest BCUT2D eigenvalue weighted by atomic mass is 10.2. The van der Waals surface area contributed by atoms with E-state index in [-0.39, 0.29) is 0 Å². The molecule has 0 heterocycles. The summed E-state index contributed by atoms with van der Waals surface area (Å²) in [5.74, 6) is 1.51. The molecule has 0 spiro atoms. The van der Waals surface area contributed by atoms with Gasteiger partial charge in [0.25, 0.3) is 0 Å². The molecule has 0 aliphatic heterocycles. The van der Waals surface area contributed by atoms with Crippen LogP contribution in [0.3, 0.4) is 0 Å². The molecule has 0 saturated carbocycles. The van der Waals surface area contributed by atoms with Crippen molar-refractivity contribution in [2.45, 2.75) is 27.3 Å². The van der Waals surface area contributed by atoms with Gasteiger partial charge in [-0.05, 0) is 59.6 Å². The van der Waals surface area contributed by atoms with E-state index in [0.29, 0.717) is 13.2 Å². The molecule has 0 amide bonds. The van der Waals surface area contributed by atoms with Gasteiger partial charge in [-0.3, -0.25) is 0 Å². The van der Waals surface area contributed by atoms with Gasteiger partial charge < -0.3 is 14.8 Å². The van der Waals surface area contributed by atoms with E-state index in [0.717, 1.165) is 34.6 Å². The summed E-state index contributed by atoms with van der Waals surface area (Å²) in [4.78, 5) is 0. The predicted molar refractivity (Wildman–Crippen MR) is 83.0 cm³/mol. The van der Waals surface area contributed by atoms with Crippen molar-refractivity contribution in [1.82, 2.24) is 5.32 Å². The summed E-state index contributed by atoms with van der Waals surface area (Å²) in [7, 11) is 0. The first-order valence-electron chi connectivity index (χ1n) is 6.51. The summed E-state index contributed by atoms with van der Waals surface area (Å²) in [5, 5.41) is 3.30. The van der Waals surface area contributed by atoms with Gasteiger partial charge in [0.05, 0.1) is 11.1 Å². The van der Waals surface area contributed by atoms with E-state index in [1.807, 2.05) is 19.9 Å². The van der Waals surface area contributed by atoms with Crippen molar-refractivity contribution in [3.63, 3.8) is 0 Å². The molecule has 0 aromatic heterocycles. The number of nitrogens with one attached hydrogen (secondary N) is 1. The van der Waals surface area contributed by atoms with Crippen LogP contribution in [0.15, 0.2) is 28.8 Å². The largest absolute Gasteiger partial charge is 0.490 e. The summed E-state index contributed by atoms with van der Waals surface area (Å²) in [6, 6.07) is 4.07. The number of ether oxygens (including phenoxy) is 2. The molecule has 1 aromatic rings. The van der Waals surface area contributed by atoms with E-state index in [2.05, 4.69) is 40.8 Å². The minimum atomic E-state index is 0.491. The monoisotopic (exact) mass is 327 g/mol. The molecule has 106 valence electrons. The number of hydrogen-bond acceptors (Lipinski definition) is 3. The molecule has 19 heavy (non-hydrogen) atoms. The number of halogens is 1. The van der Waals surface area contributed by atoms with Crippen LogP contribution in [0.2, 0.25) is 0 Å². The Morgan fingerprint density at radius 3 is 2.63 bits per heavy atom. The Hall–Kier alpha value is -1.00. The Labute approximate surface area is 124 Å². The molecule has 0 fully saturated rings. The lowest BCUT2D eigenvalue weighted by molar-refractivity contribution is 0.291. The van der Waals surface area contributed by atoms with Crippen molar-refractivity contribution in [2.75, 3.05) is 19.8 Å². The van der Waals surface area contributed by atoms with Gasteiger partial charge in [-0.2, -0.15) is 0 Å². The topological polar surface area (TPSA) is 30.5 Å². The van der Waals surface area contributed by atoms with Crippen LogP contribution < -0.4 is 14.8 Å². The Morgan fingerprint density at radius 2 is 2.05 bits per heavy atom. The van der Waals surface area contributed by atoms with Crippen LogP contribution in [0.1, 0.15) is 26.3 Å². The van der Waals surface area contributed by atoms with Crippen LogP contribution in [0.5, 0.6) is 11.5 Å². The molecule has 0 bridgehead atoms. The molecule has 0 radical (unpaired) electrons. The third-order valence-electron chi connectivity index (χ3n) is 2.41. The molecular weight excluding hydrogens is 306 g/mol. The minimum Gasteiger partial charge on any atom is -0.490 e. The molecule has 1 rings (SSSR count). The van der Waals surface area contributed by atoms with E-state index in [9.17, 15) is 0 Å². The van der Waals surface area contributed by atoms with Gasteiger partial charge in [0.15, 0.2) is 11.5 Å². The lowest BCUT2D eigenvalue weighted by Crippen LogP contribution is -2.12. The van der Waals surface area contributed by atoms with Crippen LogP contribution in [0, 0.1) is 0 Å². The molecule has 0 aliphatic rings. The third kappa shape index (κ3) is 5.25. The van der Waals surface area contributed by atoms with Gasteiger partial charge in [-0.15, -0.1) is 0 Å². The molecule has 0 unspecified atom stereocenters. The first-order chi connectivity index (χ1) is 9.08. The highest BCUT2D eigenvalue weighted by atomic mass is 79.9. The summed E-state index contributed by atoms with van der Waals surface area (Å²) in [6.07, 6.45) is 0. The highest BCUT2D eigenvalue weighted by Gasteiger charge is 2.12. The third-order valence-corrected chi connectivity index (χ3v) is 3.00. The maximum atomic E-state index is 5.75. The summed E-state index contributed by atoms with van der Waals surface area (Å²) in [5.41, 5.74) is 2.14. The predicted octanol–water partition coefficient (Wildman–Crippen LogP) is 3.91. The van der Waals surface area contributed by atoms with Crippen molar-refractivity contribution in [2.24, 2.45) is 0 Å². The fraction of sp³-hybridized carbons (Fsp3) is 0.467. The Morgan fingerprint density at radius 1 is 1.32 bits per heavy atom. The second kappa shape index (κ2) is 8.23. The van der Waals surface area contributed by atoms with Gasteiger partial charge in [0.1, 0.15) is 6.61 Å². The fourth-order valence-electron chi connectivity index (χ4n) is 1.59. The molecule has 0 saturated heterocycles. The quantitative estimate of drug-likeness (QED) is 0.734. The van der Waals surface area contributed by atoms with E-state index < -0.39 is 0 Å². The number of hydrogen-bond donors (Lipinski definition) is 1. The molecule has 0 aliphatic carbocycles. The second-order valence-corrected chi connectivity index (χ2v) is 5.22. The van der Waals surface area contributed by atoms with Crippen LogP contribution in [-0.2, 0) is 6.54 Å². The first kappa shape index (κ1) is 16.1. The Balaban J connectivity index is 2.96. The van der Waals surface area contributed by atoms with Crippen LogP contribution in [0.25, 0.3) is 0 Å². The summed E-state index contributed by atoms with van der Waals surface area (Å²) >= 11 is 3.55. The van der Waals surface area contributed by atoms with E-state index in [1.54, 1.807) is 0 Å². The minimum absolute atomic E-state index is 0.491.